The number of anilines is 1. The Balaban J connectivity index is 2.09. The molecule has 1 N–H and O–H groups in total. The van der Waals surface area contributed by atoms with E-state index < -0.39 is 0 Å². The SMILES string of the molecule is Cc1cccc(CNc2cc(I)ccc2F)c1. The van der Waals surface area contributed by atoms with Gasteiger partial charge >= 0.3 is 0 Å². The van der Waals surface area contributed by atoms with Crippen LogP contribution in [-0.4, -0.2) is 0 Å². The third-order valence-corrected chi connectivity index (χ3v) is 3.16. The van der Waals surface area contributed by atoms with Gasteiger partial charge in [-0.3, -0.25) is 0 Å². The summed E-state index contributed by atoms with van der Waals surface area (Å²) in [6.07, 6.45) is 0. The highest BCUT2D eigenvalue weighted by molar-refractivity contribution is 14.1. The molecule has 0 radical (unpaired) electrons. The first-order valence-electron chi connectivity index (χ1n) is 5.39. The molecule has 2 aromatic rings. The minimum Gasteiger partial charge on any atom is -0.379 e. The van der Waals surface area contributed by atoms with Gasteiger partial charge in [0.05, 0.1) is 5.69 Å². The molecular formula is C14H13FIN. The molecule has 1 nitrogen and oxygen atoms in total. The largest absolute Gasteiger partial charge is 0.379 e. The predicted molar refractivity (Wildman–Crippen MR) is 77.6 cm³/mol. The van der Waals surface area contributed by atoms with Crippen LogP contribution in [0.5, 0.6) is 0 Å². The fourth-order valence-electron chi connectivity index (χ4n) is 1.65. The van der Waals surface area contributed by atoms with E-state index in [4.69, 9.17) is 0 Å². The van der Waals surface area contributed by atoms with E-state index in [0.717, 1.165) is 9.13 Å². The van der Waals surface area contributed by atoms with Crippen LogP contribution in [0.1, 0.15) is 11.1 Å². The summed E-state index contributed by atoms with van der Waals surface area (Å²) < 4.78 is 14.5. The van der Waals surface area contributed by atoms with Crippen LogP contribution >= 0.6 is 22.6 Å². The molecule has 0 aromatic heterocycles. The smallest absolute Gasteiger partial charge is 0.146 e. The van der Waals surface area contributed by atoms with Crippen LogP contribution in [-0.2, 0) is 6.54 Å². The highest BCUT2D eigenvalue weighted by Crippen LogP contribution is 2.18. The average molecular weight is 341 g/mol. The molecule has 2 aromatic carbocycles. The molecule has 17 heavy (non-hydrogen) atoms. The number of aryl methyl sites for hydroxylation is 1. The van der Waals surface area contributed by atoms with Gasteiger partial charge in [-0.05, 0) is 53.3 Å². The minimum absolute atomic E-state index is 0.210. The lowest BCUT2D eigenvalue weighted by molar-refractivity contribution is 0.630. The number of rotatable bonds is 3. The van der Waals surface area contributed by atoms with Gasteiger partial charge in [-0.2, -0.15) is 0 Å². The van der Waals surface area contributed by atoms with Crippen LogP contribution in [0.4, 0.5) is 10.1 Å². The van der Waals surface area contributed by atoms with E-state index in [0.29, 0.717) is 12.2 Å². The quantitative estimate of drug-likeness (QED) is 0.819. The third kappa shape index (κ3) is 3.43. The van der Waals surface area contributed by atoms with Crippen LogP contribution in [0.2, 0.25) is 0 Å². The lowest BCUT2D eigenvalue weighted by Gasteiger charge is -2.08. The van der Waals surface area contributed by atoms with E-state index in [-0.39, 0.29) is 5.82 Å². The van der Waals surface area contributed by atoms with Gasteiger partial charge < -0.3 is 5.32 Å². The molecule has 2 rings (SSSR count). The highest BCUT2D eigenvalue weighted by atomic mass is 127. The van der Waals surface area contributed by atoms with Crippen LogP contribution in [0, 0.1) is 16.3 Å². The zero-order valence-electron chi connectivity index (χ0n) is 9.50. The molecule has 3 heteroatoms. The molecular weight excluding hydrogens is 328 g/mol. The van der Waals surface area contributed by atoms with Crippen molar-refractivity contribution < 1.29 is 4.39 Å². The molecule has 0 fully saturated rings. The van der Waals surface area contributed by atoms with Crippen molar-refractivity contribution in [1.82, 2.24) is 0 Å². The van der Waals surface area contributed by atoms with Crippen molar-refractivity contribution in [3.63, 3.8) is 0 Å². The second kappa shape index (κ2) is 5.49. The first kappa shape index (κ1) is 12.4. The Morgan fingerprint density at radius 2 is 2.00 bits per heavy atom. The summed E-state index contributed by atoms with van der Waals surface area (Å²) >= 11 is 2.18. The van der Waals surface area contributed by atoms with E-state index in [9.17, 15) is 4.39 Å². The van der Waals surface area contributed by atoms with Gasteiger partial charge in [-0.25, -0.2) is 4.39 Å². The zero-order chi connectivity index (χ0) is 12.3. The molecule has 0 amide bonds. The van der Waals surface area contributed by atoms with E-state index >= 15 is 0 Å². The average Bonchev–Trinajstić information content (AvgIpc) is 2.30. The molecule has 0 atom stereocenters. The summed E-state index contributed by atoms with van der Waals surface area (Å²) in [7, 11) is 0. The number of hydrogen-bond acceptors (Lipinski definition) is 1. The van der Waals surface area contributed by atoms with E-state index in [2.05, 4.69) is 47.0 Å². The number of nitrogens with one attached hydrogen (secondary N) is 1. The number of benzene rings is 2. The van der Waals surface area contributed by atoms with Crippen molar-refractivity contribution in [3.05, 3.63) is 63.0 Å². The topological polar surface area (TPSA) is 12.0 Å². The van der Waals surface area contributed by atoms with Gasteiger partial charge in [0.1, 0.15) is 5.82 Å². The maximum absolute atomic E-state index is 13.5. The van der Waals surface area contributed by atoms with E-state index in [1.54, 1.807) is 6.07 Å². The van der Waals surface area contributed by atoms with Crippen molar-refractivity contribution in [1.29, 1.82) is 0 Å². The maximum Gasteiger partial charge on any atom is 0.146 e. The normalized spacial score (nSPS) is 10.3. The van der Waals surface area contributed by atoms with Crippen molar-refractivity contribution in [3.8, 4) is 0 Å². The third-order valence-electron chi connectivity index (χ3n) is 2.49. The van der Waals surface area contributed by atoms with Gasteiger partial charge in [-0.1, -0.05) is 29.8 Å². The molecule has 0 aliphatic carbocycles. The van der Waals surface area contributed by atoms with Crippen molar-refractivity contribution >= 4 is 28.3 Å². The summed E-state index contributed by atoms with van der Waals surface area (Å²) in [5, 5.41) is 3.12. The maximum atomic E-state index is 13.5. The Morgan fingerprint density at radius 3 is 2.76 bits per heavy atom. The first-order valence-corrected chi connectivity index (χ1v) is 6.47. The van der Waals surface area contributed by atoms with Crippen LogP contribution in [0.15, 0.2) is 42.5 Å². The Morgan fingerprint density at radius 1 is 1.18 bits per heavy atom. The van der Waals surface area contributed by atoms with E-state index in [1.165, 1.54) is 11.6 Å². The summed E-state index contributed by atoms with van der Waals surface area (Å²) in [5.41, 5.74) is 2.93. The van der Waals surface area contributed by atoms with Gasteiger partial charge in [-0.15, -0.1) is 0 Å². The Hall–Kier alpha value is -1.10. The minimum atomic E-state index is -0.210. The molecule has 0 spiro atoms. The van der Waals surface area contributed by atoms with Crippen LogP contribution in [0.3, 0.4) is 0 Å². The summed E-state index contributed by atoms with van der Waals surface area (Å²) in [5.74, 6) is -0.210. The predicted octanol–water partition coefficient (Wildman–Crippen LogP) is 4.35. The fourth-order valence-corrected chi connectivity index (χ4v) is 2.14. The van der Waals surface area contributed by atoms with Crippen molar-refractivity contribution in [2.45, 2.75) is 13.5 Å². The molecule has 0 saturated heterocycles. The van der Waals surface area contributed by atoms with Crippen LogP contribution in [0.25, 0.3) is 0 Å². The molecule has 0 saturated carbocycles. The van der Waals surface area contributed by atoms with Crippen LogP contribution < -0.4 is 5.32 Å². The molecule has 0 aliphatic heterocycles. The number of hydrogen-bond donors (Lipinski definition) is 1. The molecule has 88 valence electrons. The second-order valence-corrected chi connectivity index (χ2v) is 5.21. The standard InChI is InChI=1S/C14H13FIN/c1-10-3-2-4-11(7-10)9-17-14-8-12(16)5-6-13(14)15/h2-8,17H,9H2,1H3. The van der Waals surface area contributed by atoms with Crippen molar-refractivity contribution in [2.24, 2.45) is 0 Å². The number of halogens is 2. The monoisotopic (exact) mass is 341 g/mol. The summed E-state index contributed by atoms with van der Waals surface area (Å²) in [6.45, 7) is 2.69. The van der Waals surface area contributed by atoms with Gasteiger partial charge in [0.25, 0.3) is 0 Å². The second-order valence-electron chi connectivity index (χ2n) is 3.97. The highest BCUT2D eigenvalue weighted by Gasteiger charge is 2.02. The summed E-state index contributed by atoms with van der Waals surface area (Å²) in [4.78, 5) is 0. The van der Waals surface area contributed by atoms with Gasteiger partial charge in [0.2, 0.25) is 0 Å². The lowest BCUT2D eigenvalue weighted by Crippen LogP contribution is -2.01. The molecule has 0 heterocycles. The van der Waals surface area contributed by atoms with Gasteiger partial charge in [0.15, 0.2) is 0 Å². The fraction of sp³-hybridized carbons (Fsp3) is 0.143. The first-order chi connectivity index (χ1) is 8.15. The lowest BCUT2D eigenvalue weighted by atomic mass is 10.1. The van der Waals surface area contributed by atoms with Gasteiger partial charge in [0, 0.05) is 10.1 Å². The Bertz CT molecular complexity index is 525. The Labute approximate surface area is 114 Å². The Kier molecular flexibility index (Phi) is 3.99. The zero-order valence-corrected chi connectivity index (χ0v) is 11.7. The van der Waals surface area contributed by atoms with Crippen molar-refractivity contribution in [2.75, 3.05) is 5.32 Å². The molecule has 0 unspecified atom stereocenters. The van der Waals surface area contributed by atoms with E-state index in [1.807, 2.05) is 18.2 Å². The molecule has 0 bridgehead atoms. The summed E-state index contributed by atoms with van der Waals surface area (Å²) in [6, 6.07) is 13.2. The molecule has 0 aliphatic rings.